The summed E-state index contributed by atoms with van der Waals surface area (Å²) in [7, 11) is 0. The highest BCUT2D eigenvalue weighted by Crippen LogP contribution is 2.06. The van der Waals surface area contributed by atoms with E-state index in [9.17, 15) is 4.79 Å². The first-order valence-electron chi connectivity index (χ1n) is 5.36. The number of carbonyl (C=O) groups excluding carboxylic acids is 1. The summed E-state index contributed by atoms with van der Waals surface area (Å²) < 4.78 is 0. The summed E-state index contributed by atoms with van der Waals surface area (Å²) in [6, 6.07) is 7.79. The van der Waals surface area contributed by atoms with Gasteiger partial charge >= 0.3 is 0 Å². The lowest BCUT2D eigenvalue weighted by molar-refractivity contribution is -0.122. The molecule has 0 heterocycles. The summed E-state index contributed by atoms with van der Waals surface area (Å²) in [6.07, 6.45) is 0. The van der Waals surface area contributed by atoms with Gasteiger partial charge in [-0.05, 0) is 25.0 Å². The van der Waals surface area contributed by atoms with E-state index in [2.05, 4.69) is 10.5 Å². The summed E-state index contributed by atoms with van der Waals surface area (Å²) in [4.78, 5) is 11.6. The van der Waals surface area contributed by atoms with Crippen molar-refractivity contribution in [3.05, 3.63) is 35.4 Å². The van der Waals surface area contributed by atoms with Crippen LogP contribution >= 0.6 is 0 Å². The van der Waals surface area contributed by atoms with Gasteiger partial charge in [0.05, 0.1) is 5.92 Å². The first kappa shape index (κ1) is 13.0. The third-order valence-electron chi connectivity index (χ3n) is 2.67. The molecule has 92 valence electrons. The number of aryl methyl sites for hydroxylation is 1. The average molecular weight is 235 g/mol. The first-order chi connectivity index (χ1) is 8.06. The lowest BCUT2D eigenvalue weighted by Gasteiger charge is -2.11. The number of amidine groups is 1. The molecule has 17 heavy (non-hydrogen) atoms. The van der Waals surface area contributed by atoms with Crippen molar-refractivity contribution in [1.29, 1.82) is 0 Å². The molecule has 0 saturated heterocycles. The van der Waals surface area contributed by atoms with Crippen LogP contribution in [0.3, 0.4) is 0 Å². The highest BCUT2D eigenvalue weighted by atomic mass is 16.4. The Kier molecular flexibility index (Phi) is 4.51. The maximum atomic E-state index is 11.6. The van der Waals surface area contributed by atoms with Crippen LogP contribution < -0.4 is 11.1 Å². The van der Waals surface area contributed by atoms with E-state index in [4.69, 9.17) is 10.9 Å². The van der Waals surface area contributed by atoms with E-state index in [0.29, 0.717) is 6.54 Å². The minimum absolute atomic E-state index is 0.0905. The van der Waals surface area contributed by atoms with Gasteiger partial charge in [-0.25, -0.2) is 0 Å². The molecule has 0 radical (unpaired) electrons. The highest BCUT2D eigenvalue weighted by molar-refractivity contribution is 6.01. The van der Waals surface area contributed by atoms with Crippen LogP contribution in [0.2, 0.25) is 0 Å². The number of benzene rings is 1. The van der Waals surface area contributed by atoms with E-state index in [0.717, 1.165) is 11.1 Å². The van der Waals surface area contributed by atoms with E-state index < -0.39 is 5.92 Å². The monoisotopic (exact) mass is 235 g/mol. The second-order valence-corrected chi connectivity index (χ2v) is 3.89. The zero-order valence-corrected chi connectivity index (χ0v) is 9.97. The van der Waals surface area contributed by atoms with Crippen molar-refractivity contribution in [1.82, 2.24) is 5.32 Å². The molecule has 1 aromatic carbocycles. The van der Waals surface area contributed by atoms with Gasteiger partial charge in [-0.2, -0.15) is 0 Å². The molecule has 0 bridgehead atoms. The molecule has 5 nitrogen and oxygen atoms in total. The maximum absolute atomic E-state index is 11.6. The number of oxime groups is 1. The van der Waals surface area contributed by atoms with Gasteiger partial charge in [-0.3, -0.25) is 4.79 Å². The van der Waals surface area contributed by atoms with Gasteiger partial charge in [0.2, 0.25) is 5.91 Å². The fraction of sp³-hybridized carbons (Fsp3) is 0.333. The molecule has 0 saturated carbocycles. The largest absolute Gasteiger partial charge is 0.409 e. The third-order valence-corrected chi connectivity index (χ3v) is 2.67. The van der Waals surface area contributed by atoms with Crippen LogP contribution in [-0.4, -0.2) is 17.0 Å². The third kappa shape index (κ3) is 3.48. The van der Waals surface area contributed by atoms with Crippen LogP contribution in [0.4, 0.5) is 0 Å². The number of nitrogens with one attached hydrogen (secondary N) is 1. The number of nitrogens with zero attached hydrogens (tertiary/aromatic N) is 1. The van der Waals surface area contributed by atoms with E-state index in [1.165, 1.54) is 0 Å². The topological polar surface area (TPSA) is 87.7 Å². The molecule has 1 amide bonds. The summed E-state index contributed by atoms with van der Waals surface area (Å²) in [5.41, 5.74) is 7.52. The normalized spacial score (nSPS) is 13.2. The molecule has 0 fully saturated rings. The SMILES string of the molecule is Cc1ccccc1CNC(=O)C(C)C(N)=NO. The quantitative estimate of drug-likeness (QED) is 0.315. The van der Waals surface area contributed by atoms with Crippen molar-refractivity contribution in [2.75, 3.05) is 0 Å². The molecule has 1 unspecified atom stereocenters. The lowest BCUT2D eigenvalue weighted by Crippen LogP contribution is -2.36. The lowest BCUT2D eigenvalue weighted by atomic mass is 10.1. The van der Waals surface area contributed by atoms with Gasteiger partial charge in [-0.15, -0.1) is 0 Å². The van der Waals surface area contributed by atoms with Crippen LogP contribution in [0.1, 0.15) is 18.1 Å². The molecule has 0 aliphatic carbocycles. The van der Waals surface area contributed by atoms with Crippen molar-refractivity contribution >= 4 is 11.7 Å². The Morgan fingerprint density at radius 2 is 2.18 bits per heavy atom. The summed E-state index contributed by atoms with van der Waals surface area (Å²) >= 11 is 0. The number of amides is 1. The molecule has 4 N–H and O–H groups in total. The molecule has 5 heteroatoms. The van der Waals surface area contributed by atoms with Crippen LogP contribution in [-0.2, 0) is 11.3 Å². The predicted octanol–water partition coefficient (Wildman–Crippen LogP) is 0.994. The summed E-state index contributed by atoms with van der Waals surface area (Å²) in [6.45, 7) is 4.01. The average Bonchev–Trinajstić information content (AvgIpc) is 2.35. The fourth-order valence-electron chi connectivity index (χ4n) is 1.36. The Labute approximate surface area is 100 Å². The van der Waals surface area contributed by atoms with Crippen LogP contribution in [0.25, 0.3) is 0 Å². The maximum Gasteiger partial charge on any atom is 0.230 e. The molecular weight excluding hydrogens is 218 g/mol. The number of carbonyl (C=O) groups is 1. The minimum atomic E-state index is -0.635. The minimum Gasteiger partial charge on any atom is -0.409 e. The van der Waals surface area contributed by atoms with E-state index in [1.807, 2.05) is 31.2 Å². The zero-order chi connectivity index (χ0) is 12.8. The molecule has 0 aliphatic heterocycles. The van der Waals surface area contributed by atoms with Gasteiger partial charge in [0, 0.05) is 6.54 Å². The molecule has 1 rings (SSSR count). The first-order valence-corrected chi connectivity index (χ1v) is 5.36. The van der Waals surface area contributed by atoms with Crippen molar-refractivity contribution in [3.63, 3.8) is 0 Å². The van der Waals surface area contributed by atoms with Crippen molar-refractivity contribution in [2.24, 2.45) is 16.8 Å². The van der Waals surface area contributed by atoms with Gasteiger partial charge < -0.3 is 16.3 Å². The van der Waals surface area contributed by atoms with Crippen molar-refractivity contribution in [2.45, 2.75) is 20.4 Å². The van der Waals surface area contributed by atoms with E-state index >= 15 is 0 Å². The Morgan fingerprint density at radius 1 is 1.53 bits per heavy atom. The second-order valence-electron chi connectivity index (χ2n) is 3.89. The van der Waals surface area contributed by atoms with Crippen molar-refractivity contribution < 1.29 is 10.0 Å². The highest BCUT2D eigenvalue weighted by Gasteiger charge is 2.16. The molecule has 0 aromatic heterocycles. The predicted molar refractivity (Wildman–Crippen MR) is 65.6 cm³/mol. The van der Waals surface area contributed by atoms with E-state index in [1.54, 1.807) is 6.92 Å². The smallest absolute Gasteiger partial charge is 0.230 e. The van der Waals surface area contributed by atoms with Gasteiger partial charge in [0.1, 0.15) is 0 Å². The summed E-state index contributed by atoms with van der Waals surface area (Å²) in [5.74, 6) is -0.986. The number of rotatable bonds is 4. The molecular formula is C12H17N3O2. The molecule has 1 aromatic rings. The Morgan fingerprint density at radius 3 is 2.76 bits per heavy atom. The molecule has 0 aliphatic rings. The van der Waals surface area contributed by atoms with Crippen LogP contribution in [0.15, 0.2) is 29.4 Å². The Bertz CT molecular complexity index is 430. The molecule has 0 spiro atoms. The zero-order valence-electron chi connectivity index (χ0n) is 9.97. The van der Waals surface area contributed by atoms with Crippen LogP contribution in [0, 0.1) is 12.8 Å². The Hall–Kier alpha value is -2.04. The van der Waals surface area contributed by atoms with Gasteiger partial charge in [0.15, 0.2) is 5.84 Å². The summed E-state index contributed by atoms with van der Waals surface area (Å²) in [5, 5.41) is 14.0. The van der Waals surface area contributed by atoms with Crippen LogP contribution in [0.5, 0.6) is 0 Å². The number of hydrogen-bond acceptors (Lipinski definition) is 3. The van der Waals surface area contributed by atoms with Gasteiger partial charge in [0.25, 0.3) is 0 Å². The van der Waals surface area contributed by atoms with E-state index in [-0.39, 0.29) is 11.7 Å². The standard InChI is InChI=1S/C12H17N3O2/c1-8-5-3-4-6-10(8)7-14-12(16)9(2)11(13)15-17/h3-6,9,17H,7H2,1-2H3,(H2,13,15)(H,14,16). The number of hydrogen-bond donors (Lipinski definition) is 3. The Balaban J connectivity index is 2.57. The molecule has 1 atom stereocenters. The number of nitrogens with two attached hydrogens (primary N) is 1. The second kappa shape index (κ2) is 5.89. The fourth-order valence-corrected chi connectivity index (χ4v) is 1.36. The van der Waals surface area contributed by atoms with Crippen molar-refractivity contribution in [3.8, 4) is 0 Å². The van der Waals surface area contributed by atoms with Gasteiger partial charge in [-0.1, -0.05) is 29.4 Å².